The number of hydrogen-bond acceptors (Lipinski definition) is 2. The quantitative estimate of drug-likeness (QED) is 0.111. The van der Waals surface area contributed by atoms with Gasteiger partial charge in [0.15, 0.2) is 0 Å². The number of nitrogens with zero attached hydrogens (tertiary/aromatic N) is 2. The Bertz CT molecular complexity index is 3570. The van der Waals surface area contributed by atoms with Gasteiger partial charge in [0.2, 0.25) is 0 Å². The van der Waals surface area contributed by atoms with Crippen molar-refractivity contribution >= 4 is 88.0 Å². The van der Waals surface area contributed by atoms with Gasteiger partial charge in [-0.15, -0.1) is 0 Å². The Morgan fingerprint density at radius 2 is 0.621 bits per heavy atom. The van der Waals surface area contributed by atoms with E-state index in [0.29, 0.717) is 33.9 Å². The topological polar surface area (TPSA) is 6.48 Å². The van der Waals surface area contributed by atoms with Crippen LogP contribution in [0.5, 0.6) is 0 Å². The van der Waals surface area contributed by atoms with Crippen molar-refractivity contribution in [1.29, 1.82) is 0 Å². The van der Waals surface area contributed by atoms with E-state index >= 15 is 17.6 Å². The molecule has 0 saturated heterocycles. The first-order valence-electron chi connectivity index (χ1n) is 21.8. The molecule has 0 aliphatic carbocycles. The number of halogens is 4. The maximum Gasteiger partial charge on any atom is 0.150 e. The SMILES string of the molecule is Fc1cc(F)c(N(c2ccccc2)c2ccc3ccc4c(N(c5ccccc5)c5cc(-c6cccc7ccccc67)c(F)cc5F)ccc5ccc2c3c54)cc1-c1cccc2ccccc12. The lowest BCUT2D eigenvalue weighted by Gasteiger charge is -2.30. The Morgan fingerprint density at radius 1 is 0.242 bits per heavy atom. The van der Waals surface area contributed by atoms with Crippen molar-refractivity contribution in [1.82, 2.24) is 0 Å². The van der Waals surface area contributed by atoms with Gasteiger partial charge in [-0.1, -0.05) is 158 Å². The molecule has 0 fully saturated rings. The molecule has 0 atom stereocenters. The molecular formula is C60H36F4N2. The molecule has 314 valence electrons. The average molecular weight is 861 g/mol. The van der Waals surface area contributed by atoms with Crippen LogP contribution < -0.4 is 9.80 Å². The van der Waals surface area contributed by atoms with Crippen molar-refractivity contribution in [3.63, 3.8) is 0 Å². The van der Waals surface area contributed by atoms with Crippen molar-refractivity contribution < 1.29 is 17.6 Å². The number of hydrogen-bond donors (Lipinski definition) is 0. The molecule has 0 spiro atoms. The third-order valence-corrected chi connectivity index (χ3v) is 12.8. The van der Waals surface area contributed by atoms with Crippen LogP contribution in [-0.4, -0.2) is 0 Å². The summed E-state index contributed by atoms with van der Waals surface area (Å²) in [4.78, 5) is 3.71. The molecule has 0 heterocycles. The number of fused-ring (bicyclic) bond motifs is 2. The Hall–Kier alpha value is -8.48. The minimum Gasteiger partial charge on any atom is -0.307 e. The van der Waals surface area contributed by atoms with Crippen LogP contribution in [0.4, 0.5) is 51.7 Å². The third-order valence-electron chi connectivity index (χ3n) is 12.8. The molecule has 66 heavy (non-hydrogen) atoms. The smallest absolute Gasteiger partial charge is 0.150 e. The first-order valence-corrected chi connectivity index (χ1v) is 21.8. The second-order valence-corrected chi connectivity index (χ2v) is 16.6. The summed E-state index contributed by atoms with van der Waals surface area (Å²) >= 11 is 0. The summed E-state index contributed by atoms with van der Waals surface area (Å²) in [5.41, 5.74) is 5.00. The van der Waals surface area contributed by atoms with Gasteiger partial charge in [0.05, 0.1) is 22.7 Å². The first-order chi connectivity index (χ1) is 32.4. The number of rotatable bonds is 8. The van der Waals surface area contributed by atoms with Gasteiger partial charge in [-0.25, -0.2) is 17.6 Å². The predicted octanol–water partition coefficient (Wildman–Crippen LogP) is 17.7. The molecule has 0 amide bonds. The second kappa shape index (κ2) is 15.6. The van der Waals surface area contributed by atoms with Crippen LogP contribution in [-0.2, 0) is 0 Å². The maximum absolute atomic E-state index is 16.7. The Labute approximate surface area is 377 Å². The molecule has 0 bridgehead atoms. The molecular weight excluding hydrogens is 825 g/mol. The van der Waals surface area contributed by atoms with E-state index in [-0.39, 0.29) is 22.5 Å². The van der Waals surface area contributed by atoms with Gasteiger partial charge in [-0.3, -0.25) is 0 Å². The maximum atomic E-state index is 16.7. The Balaban J connectivity index is 1.09. The minimum atomic E-state index is -0.712. The molecule has 0 aliphatic heterocycles. The van der Waals surface area contributed by atoms with Crippen LogP contribution in [0.3, 0.4) is 0 Å². The van der Waals surface area contributed by atoms with Crippen molar-refractivity contribution in [2.45, 2.75) is 0 Å². The van der Waals surface area contributed by atoms with Crippen molar-refractivity contribution in [2.24, 2.45) is 0 Å². The van der Waals surface area contributed by atoms with Crippen LogP contribution in [0.1, 0.15) is 0 Å². The zero-order valence-corrected chi connectivity index (χ0v) is 35.2. The number of para-hydroxylation sites is 2. The fourth-order valence-electron chi connectivity index (χ4n) is 9.88. The fraction of sp³-hybridized carbons (Fsp3) is 0. The zero-order chi connectivity index (χ0) is 44.5. The van der Waals surface area contributed by atoms with E-state index in [1.165, 1.54) is 0 Å². The number of benzene rings is 12. The molecule has 0 aromatic heterocycles. The van der Waals surface area contributed by atoms with Crippen LogP contribution in [0.2, 0.25) is 0 Å². The Morgan fingerprint density at radius 3 is 1.06 bits per heavy atom. The fourth-order valence-corrected chi connectivity index (χ4v) is 9.88. The largest absolute Gasteiger partial charge is 0.307 e. The highest BCUT2D eigenvalue weighted by Gasteiger charge is 2.26. The molecule has 0 unspecified atom stereocenters. The normalized spacial score (nSPS) is 11.6. The van der Waals surface area contributed by atoms with Gasteiger partial charge in [0.25, 0.3) is 0 Å². The van der Waals surface area contributed by atoms with Crippen molar-refractivity contribution in [3.8, 4) is 22.3 Å². The Kier molecular flexibility index (Phi) is 9.28. The van der Waals surface area contributed by atoms with E-state index in [1.807, 2.05) is 204 Å². The van der Waals surface area contributed by atoms with Gasteiger partial charge >= 0.3 is 0 Å². The molecule has 0 saturated carbocycles. The monoisotopic (exact) mass is 860 g/mol. The summed E-state index contributed by atoms with van der Waals surface area (Å²) in [5, 5.41) is 9.02. The van der Waals surface area contributed by atoms with Gasteiger partial charge in [-0.2, -0.15) is 0 Å². The molecule has 0 N–H and O–H groups in total. The molecule has 0 radical (unpaired) electrons. The van der Waals surface area contributed by atoms with E-state index in [2.05, 4.69) is 0 Å². The van der Waals surface area contributed by atoms with E-state index in [4.69, 9.17) is 0 Å². The summed E-state index contributed by atoms with van der Waals surface area (Å²) in [5.74, 6) is -2.74. The lowest BCUT2D eigenvalue weighted by atomic mass is 9.91. The highest BCUT2D eigenvalue weighted by atomic mass is 19.1. The van der Waals surface area contributed by atoms with Gasteiger partial charge < -0.3 is 9.80 Å². The molecule has 6 heteroatoms. The van der Waals surface area contributed by atoms with Gasteiger partial charge in [0.1, 0.15) is 23.3 Å². The van der Waals surface area contributed by atoms with E-state index < -0.39 is 23.3 Å². The second-order valence-electron chi connectivity index (χ2n) is 16.6. The highest BCUT2D eigenvalue weighted by Crippen LogP contribution is 2.49. The summed E-state index contributed by atoms with van der Waals surface area (Å²) in [7, 11) is 0. The van der Waals surface area contributed by atoms with Crippen LogP contribution in [0, 0.1) is 23.3 Å². The summed E-state index contributed by atoms with van der Waals surface area (Å²) in [6.07, 6.45) is 0. The van der Waals surface area contributed by atoms with E-state index in [9.17, 15) is 0 Å². The van der Waals surface area contributed by atoms with Crippen molar-refractivity contribution in [2.75, 3.05) is 9.80 Å². The highest BCUT2D eigenvalue weighted by molar-refractivity contribution is 6.28. The zero-order valence-electron chi connectivity index (χ0n) is 35.2. The molecule has 12 rings (SSSR count). The summed E-state index contributed by atoms with van der Waals surface area (Å²) < 4.78 is 65.5. The third kappa shape index (κ3) is 6.33. The van der Waals surface area contributed by atoms with Gasteiger partial charge in [-0.05, 0) is 103 Å². The lowest BCUT2D eigenvalue weighted by molar-refractivity contribution is 0.586. The lowest BCUT2D eigenvalue weighted by Crippen LogP contribution is -2.14. The average Bonchev–Trinajstić information content (AvgIpc) is 3.35. The number of anilines is 6. The molecule has 0 aliphatic rings. The van der Waals surface area contributed by atoms with Crippen LogP contribution in [0.15, 0.2) is 218 Å². The van der Waals surface area contributed by atoms with Crippen LogP contribution >= 0.6 is 0 Å². The summed E-state index contributed by atoms with van der Waals surface area (Å²) in [6.45, 7) is 0. The summed E-state index contributed by atoms with van der Waals surface area (Å²) in [6, 6.07) is 67.5. The molecule has 12 aromatic carbocycles. The minimum absolute atomic E-state index is 0.185. The van der Waals surface area contributed by atoms with E-state index in [1.54, 1.807) is 12.1 Å². The predicted molar refractivity (Wildman–Crippen MR) is 265 cm³/mol. The van der Waals surface area contributed by atoms with E-state index in [0.717, 1.165) is 66.0 Å². The van der Waals surface area contributed by atoms with Gasteiger partial charge in [0, 0.05) is 45.4 Å². The molecule has 2 nitrogen and oxygen atoms in total. The van der Waals surface area contributed by atoms with Crippen molar-refractivity contribution in [3.05, 3.63) is 242 Å². The first kappa shape index (κ1) is 39.1. The standard InChI is InChI=1S/C60H36F4N2/c61-51-35-53(63)57(33-49(51)45-23-11-15-37-13-7-9-21-43(37)45)65(41-17-3-1-4-18-41)55-31-27-39-26-30-48-56(32-28-40-25-29-47(55)59(39)60(40)48)66(42-19-5-2-6-20-42)58-34-50(52(62)36-54(58)64)46-24-12-16-38-14-8-10-22-44(38)46/h1-36H. The van der Waals surface area contributed by atoms with Crippen LogP contribution in [0.25, 0.3) is 76.1 Å². The molecule has 12 aromatic rings.